The second kappa shape index (κ2) is 7.47. The Morgan fingerprint density at radius 1 is 1.14 bits per heavy atom. The maximum atomic E-state index is 5.70. The van der Waals surface area contributed by atoms with Crippen molar-refractivity contribution >= 4 is 11.6 Å². The Bertz CT molecular complexity index is 564. The molecule has 0 aliphatic heterocycles. The molecule has 0 saturated heterocycles. The molecule has 0 spiro atoms. The quantitative estimate of drug-likeness (QED) is 0.766. The molecule has 2 N–H and O–H groups in total. The minimum absolute atomic E-state index is 0.587. The molecule has 21 heavy (non-hydrogen) atoms. The largest absolute Gasteiger partial charge is 0.492 e. The third-order valence-electron chi connectivity index (χ3n) is 3.01. The molecule has 1 aromatic heterocycles. The van der Waals surface area contributed by atoms with E-state index in [2.05, 4.69) is 33.6 Å². The van der Waals surface area contributed by atoms with E-state index in [1.807, 2.05) is 38.2 Å². The summed E-state index contributed by atoms with van der Waals surface area (Å²) in [5.74, 6) is 3.36. The molecule has 0 unspecified atom stereocenters. The van der Waals surface area contributed by atoms with Gasteiger partial charge in [0.2, 0.25) is 0 Å². The van der Waals surface area contributed by atoms with Crippen LogP contribution in [-0.4, -0.2) is 30.2 Å². The maximum absolute atomic E-state index is 5.70. The Balaban J connectivity index is 1.85. The van der Waals surface area contributed by atoms with Gasteiger partial charge in [-0.05, 0) is 24.6 Å². The van der Waals surface area contributed by atoms with Gasteiger partial charge in [0, 0.05) is 19.5 Å². The highest BCUT2D eigenvalue weighted by molar-refractivity contribution is 5.47. The van der Waals surface area contributed by atoms with Crippen LogP contribution in [0.25, 0.3) is 0 Å². The number of anilines is 2. The van der Waals surface area contributed by atoms with Crippen molar-refractivity contribution in [3.05, 3.63) is 41.7 Å². The zero-order chi connectivity index (χ0) is 15.1. The van der Waals surface area contributed by atoms with Gasteiger partial charge in [-0.15, -0.1) is 0 Å². The molecule has 1 aromatic carbocycles. The minimum atomic E-state index is 0.587. The molecule has 0 aliphatic carbocycles. The Morgan fingerprint density at radius 2 is 1.95 bits per heavy atom. The van der Waals surface area contributed by atoms with Crippen LogP contribution in [0, 0.1) is 6.92 Å². The van der Waals surface area contributed by atoms with Gasteiger partial charge in [-0.25, -0.2) is 9.97 Å². The van der Waals surface area contributed by atoms with Crippen LogP contribution in [0.15, 0.2) is 30.3 Å². The molecule has 0 fully saturated rings. The summed E-state index contributed by atoms with van der Waals surface area (Å²) in [7, 11) is 1.85. The van der Waals surface area contributed by atoms with Gasteiger partial charge in [0.15, 0.2) is 0 Å². The summed E-state index contributed by atoms with van der Waals surface area (Å²) in [6.07, 6.45) is 0.810. The molecule has 0 atom stereocenters. The van der Waals surface area contributed by atoms with Crippen molar-refractivity contribution < 1.29 is 4.74 Å². The van der Waals surface area contributed by atoms with Crippen LogP contribution >= 0.6 is 0 Å². The minimum Gasteiger partial charge on any atom is -0.492 e. The van der Waals surface area contributed by atoms with Crippen LogP contribution in [0.3, 0.4) is 0 Å². The average Bonchev–Trinajstić information content (AvgIpc) is 2.51. The number of ether oxygens (including phenoxy) is 1. The number of aryl methyl sites for hydroxylation is 2. The molecule has 2 rings (SSSR count). The average molecular weight is 286 g/mol. The molecule has 112 valence electrons. The maximum Gasteiger partial charge on any atom is 0.132 e. The van der Waals surface area contributed by atoms with E-state index in [4.69, 9.17) is 4.74 Å². The highest BCUT2D eigenvalue weighted by Crippen LogP contribution is 2.13. The topological polar surface area (TPSA) is 59.1 Å². The van der Waals surface area contributed by atoms with E-state index in [1.54, 1.807) is 0 Å². The first-order valence-corrected chi connectivity index (χ1v) is 7.20. The summed E-state index contributed by atoms with van der Waals surface area (Å²) >= 11 is 0. The van der Waals surface area contributed by atoms with Gasteiger partial charge in [-0.2, -0.15) is 0 Å². The summed E-state index contributed by atoms with van der Waals surface area (Å²) in [4.78, 5) is 8.80. The van der Waals surface area contributed by atoms with Crippen molar-refractivity contribution in [2.45, 2.75) is 20.3 Å². The highest BCUT2D eigenvalue weighted by Gasteiger charge is 2.02. The van der Waals surface area contributed by atoms with Gasteiger partial charge in [0.1, 0.15) is 29.8 Å². The van der Waals surface area contributed by atoms with Crippen molar-refractivity contribution in [1.82, 2.24) is 9.97 Å². The van der Waals surface area contributed by atoms with Crippen LogP contribution < -0.4 is 15.4 Å². The predicted molar refractivity (Wildman–Crippen MR) is 86.1 cm³/mol. The number of hydrogen-bond donors (Lipinski definition) is 2. The van der Waals surface area contributed by atoms with E-state index in [1.165, 1.54) is 5.56 Å². The highest BCUT2D eigenvalue weighted by atomic mass is 16.5. The molecule has 1 heterocycles. The first-order valence-electron chi connectivity index (χ1n) is 7.20. The fraction of sp³-hybridized carbons (Fsp3) is 0.375. The summed E-state index contributed by atoms with van der Waals surface area (Å²) in [6, 6.07) is 9.93. The van der Waals surface area contributed by atoms with Crippen molar-refractivity contribution in [2.24, 2.45) is 0 Å². The number of benzene rings is 1. The number of rotatable bonds is 7. The number of nitrogens with one attached hydrogen (secondary N) is 2. The van der Waals surface area contributed by atoms with Crippen LogP contribution in [-0.2, 0) is 6.42 Å². The lowest BCUT2D eigenvalue weighted by Crippen LogP contribution is -2.13. The number of aromatic nitrogens is 2. The summed E-state index contributed by atoms with van der Waals surface area (Å²) in [5, 5.41) is 6.31. The zero-order valence-electron chi connectivity index (χ0n) is 12.8. The van der Waals surface area contributed by atoms with E-state index in [0.29, 0.717) is 13.2 Å². The third kappa shape index (κ3) is 4.63. The molecule has 0 bridgehead atoms. The second-order valence-electron chi connectivity index (χ2n) is 4.75. The van der Waals surface area contributed by atoms with E-state index in [9.17, 15) is 0 Å². The first kappa shape index (κ1) is 15.1. The summed E-state index contributed by atoms with van der Waals surface area (Å²) < 4.78 is 5.70. The van der Waals surface area contributed by atoms with E-state index in [-0.39, 0.29) is 0 Å². The SMILES string of the molecule is CCc1nc(NC)cc(NCCOc2cccc(C)c2)n1. The van der Waals surface area contributed by atoms with Crippen molar-refractivity contribution in [1.29, 1.82) is 0 Å². The third-order valence-corrected chi connectivity index (χ3v) is 3.01. The van der Waals surface area contributed by atoms with Gasteiger partial charge in [-0.1, -0.05) is 19.1 Å². The van der Waals surface area contributed by atoms with E-state index >= 15 is 0 Å². The standard InChI is InChI=1S/C16H22N4O/c1-4-14-19-15(17-3)11-16(20-14)18-8-9-21-13-7-5-6-12(2)10-13/h5-7,10-11H,4,8-9H2,1-3H3,(H2,17,18,19,20). The number of hydrogen-bond acceptors (Lipinski definition) is 5. The second-order valence-corrected chi connectivity index (χ2v) is 4.75. The fourth-order valence-corrected chi connectivity index (χ4v) is 1.93. The summed E-state index contributed by atoms with van der Waals surface area (Å²) in [5.41, 5.74) is 1.20. The Labute approximate surface area is 125 Å². The van der Waals surface area contributed by atoms with Crippen molar-refractivity contribution in [3.63, 3.8) is 0 Å². The van der Waals surface area contributed by atoms with Gasteiger partial charge in [0.25, 0.3) is 0 Å². The predicted octanol–water partition coefficient (Wildman–Crippen LogP) is 2.88. The Morgan fingerprint density at radius 3 is 2.67 bits per heavy atom. The molecule has 0 saturated carbocycles. The number of nitrogens with zero attached hydrogens (tertiary/aromatic N) is 2. The molecule has 0 radical (unpaired) electrons. The van der Waals surface area contributed by atoms with Crippen molar-refractivity contribution in [3.8, 4) is 5.75 Å². The zero-order valence-corrected chi connectivity index (χ0v) is 12.8. The lowest BCUT2D eigenvalue weighted by atomic mass is 10.2. The lowest BCUT2D eigenvalue weighted by Gasteiger charge is -2.10. The smallest absolute Gasteiger partial charge is 0.132 e. The van der Waals surface area contributed by atoms with Crippen LogP contribution in [0.5, 0.6) is 5.75 Å². The molecular weight excluding hydrogens is 264 g/mol. The van der Waals surface area contributed by atoms with Crippen LogP contribution in [0.1, 0.15) is 18.3 Å². The molecule has 0 aliphatic rings. The first-order chi connectivity index (χ1) is 10.2. The molecule has 5 heteroatoms. The molecule has 2 aromatic rings. The molecule has 5 nitrogen and oxygen atoms in total. The van der Waals surface area contributed by atoms with Gasteiger partial charge in [0.05, 0.1) is 6.54 Å². The Hall–Kier alpha value is -2.30. The van der Waals surface area contributed by atoms with Gasteiger partial charge >= 0.3 is 0 Å². The monoisotopic (exact) mass is 286 g/mol. The van der Waals surface area contributed by atoms with Gasteiger partial charge in [-0.3, -0.25) is 0 Å². The summed E-state index contributed by atoms with van der Waals surface area (Å²) in [6.45, 7) is 5.37. The normalized spacial score (nSPS) is 10.2. The molecular formula is C16H22N4O. The fourth-order valence-electron chi connectivity index (χ4n) is 1.93. The van der Waals surface area contributed by atoms with E-state index < -0.39 is 0 Å². The van der Waals surface area contributed by atoms with Gasteiger partial charge < -0.3 is 15.4 Å². The molecule has 0 amide bonds. The van der Waals surface area contributed by atoms with Crippen molar-refractivity contribution in [2.75, 3.05) is 30.8 Å². The van der Waals surface area contributed by atoms with Crippen LogP contribution in [0.2, 0.25) is 0 Å². The van der Waals surface area contributed by atoms with Crippen LogP contribution in [0.4, 0.5) is 11.6 Å². The lowest BCUT2D eigenvalue weighted by molar-refractivity contribution is 0.332. The Kier molecular flexibility index (Phi) is 5.37. The van der Waals surface area contributed by atoms with E-state index in [0.717, 1.165) is 29.6 Å².